The predicted octanol–water partition coefficient (Wildman–Crippen LogP) is 2.87. The van der Waals surface area contributed by atoms with Crippen LogP contribution in [-0.2, 0) is 4.74 Å². The number of aromatic nitrogens is 1. The number of nitrogens with zero attached hydrogens (tertiary/aromatic N) is 1. The Bertz CT molecular complexity index is 759. The number of hydrogen-bond donors (Lipinski definition) is 0. The van der Waals surface area contributed by atoms with Crippen molar-refractivity contribution in [1.82, 2.24) is 4.98 Å². The van der Waals surface area contributed by atoms with Crippen molar-refractivity contribution >= 4 is 22.7 Å². The molecule has 0 radical (unpaired) electrons. The quantitative estimate of drug-likeness (QED) is 0.543. The van der Waals surface area contributed by atoms with Gasteiger partial charge < -0.3 is 9.15 Å². The van der Waals surface area contributed by atoms with Crippen LogP contribution in [0.25, 0.3) is 11.0 Å². The monoisotopic (exact) mass is 281 g/mol. The Morgan fingerprint density at radius 3 is 2.67 bits per heavy atom. The first-order valence-corrected chi connectivity index (χ1v) is 6.34. The van der Waals surface area contributed by atoms with Gasteiger partial charge in [0.2, 0.25) is 5.78 Å². The van der Waals surface area contributed by atoms with E-state index in [4.69, 9.17) is 9.15 Å². The van der Waals surface area contributed by atoms with Gasteiger partial charge in [-0.15, -0.1) is 0 Å². The Hall–Kier alpha value is -2.95. The van der Waals surface area contributed by atoms with E-state index in [1.54, 1.807) is 24.3 Å². The lowest BCUT2D eigenvalue weighted by Gasteiger charge is -2.01. The summed E-state index contributed by atoms with van der Waals surface area (Å²) in [5.41, 5.74) is 0.784. The summed E-state index contributed by atoms with van der Waals surface area (Å²) in [5.74, 6) is -0.861. The van der Waals surface area contributed by atoms with Crippen LogP contribution in [-0.4, -0.2) is 23.3 Å². The van der Waals surface area contributed by atoms with Gasteiger partial charge in [-0.05, 0) is 24.3 Å². The van der Waals surface area contributed by atoms with Crippen LogP contribution in [0.3, 0.4) is 0 Å². The molecule has 0 bridgehead atoms. The van der Waals surface area contributed by atoms with Crippen molar-refractivity contribution in [3.8, 4) is 0 Å². The number of Topliss-reactive ketones (excluding diaryl/α,β-unsaturated/α-hetero) is 1. The molecule has 5 nitrogen and oxygen atoms in total. The molecule has 1 aromatic carbocycles. The summed E-state index contributed by atoms with van der Waals surface area (Å²) >= 11 is 0. The van der Waals surface area contributed by atoms with Crippen molar-refractivity contribution in [3.05, 3.63) is 66.2 Å². The van der Waals surface area contributed by atoms with E-state index in [9.17, 15) is 9.59 Å². The number of ketones is 1. The molecule has 21 heavy (non-hydrogen) atoms. The Morgan fingerprint density at radius 2 is 1.90 bits per heavy atom. The largest absolute Gasteiger partial charge is 0.453 e. The minimum absolute atomic E-state index is 0.162. The third kappa shape index (κ3) is 2.81. The van der Waals surface area contributed by atoms with Crippen molar-refractivity contribution in [2.45, 2.75) is 0 Å². The Balaban J connectivity index is 1.68. The van der Waals surface area contributed by atoms with Crippen molar-refractivity contribution in [2.24, 2.45) is 0 Å². The molecule has 3 aromatic rings. The van der Waals surface area contributed by atoms with E-state index < -0.39 is 11.8 Å². The first kappa shape index (κ1) is 13.1. The van der Waals surface area contributed by atoms with Crippen LogP contribution < -0.4 is 0 Å². The molecule has 0 unspecified atom stereocenters. The lowest BCUT2D eigenvalue weighted by atomic mass is 10.2. The molecular formula is C16H11NO4. The van der Waals surface area contributed by atoms with Gasteiger partial charge in [-0.1, -0.05) is 24.3 Å². The molecule has 0 aliphatic rings. The molecule has 2 heterocycles. The van der Waals surface area contributed by atoms with Crippen LogP contribution in [0.1, 0.15) is 21.0 Å². The molecule has 0 spiro atoms. The number of para-hydroxylation sites is 1. The van der Waals surface area contributed by atoms with E-state index in [2.05, 4.69) is 4.98 Å². The first-order valence-electron chi connectivity index (χ1n) is 6.34. The summed E-state index contributed by atoms with van der Waals surface area (Å²) in [5, 5.41) is 0.830. The second-order valence-corrected chi connectivity index (χ2v) is 4.36. The number of hydrogen-bond acceptors (Lipinski definition) is 5. The Labute approximate surface area is 120 Å². The van der Waals surface area contributed by atoms with Crippen molar-refractivity contribution in [1.29, 1.82) is 0 Å². The molecular weight excluding hydrogens is 270 g/mol. The van der Waals surface area contributed by atoms with Crippen LogP contribution in [0.15, 0.2) is 59.1 Å². The number of esters is 1. The number of carbonyl (C=O) groups is 2. The van der Waals surface area contributed by atoms with E-state index >= 15 is 0 Å². The highest BCUT2D eigenvalue weighted by molar-refractivity contribution is 5.99. The van der Waals surface area contributed by atoms with E-state index in [1.807, 2.05) is 18.2 Å². The molecule has 0 aliphatic carbocycles. The fourth-order valence-electron chi connectivity index (χ4n) is 1.88. The number of carbonyl (C=O) groups excluding carboxylic acids is 2. The molecule has 0 aliphatic heterocycles. The maximum Gasteiger partial charge on any atom is 0.357 e. The zero-order valence-electron chi connectivity index (χ0n) is 11.0. The SMILES string of the molecule is O=C(OCC(=O)c1cc2ccccc2o1)c1ccccn1. The standard InChI is InChI=1S/C16H11NO4/c18-13(10-20-16(19)12-6-3-4-8-17-12)15-9-11-5-1-2-7-14(11)21-15/h1-9H,10H2. The number of benzene rings is 1. The highest BCUT2D eigenvalue weighted by Crippen LogP contribution is 2.19. The van der Waals surface area contributed by atoms with E-state index in [-0.39, 0.29) is 18.1 Å². The average Bonchev–Trinajstić information content (AvgIpc) is 2.97. The van der Waals surface area contributed by atoms with Gasteiger partial charge in [0, 0.05) is 11.6 Å². The molecule has 3 rings (SSSR count). The zero-order chi connectivity index (χ0) is 14.7. The van der Waals surface area contributed by atoms with E-state index in [1.165, 1.54) is 12.3 Å². The van der Waals surface area contributed by atoms with Gasteiger partial charge in [0.15, 0.2) is 12.4 Å². The van der Waals surface area contributed by atoms with Gasteiger partial charge >= 0.3 is 5.97 Å². The van der Waals surface area contributed by atoms with Crippen LogP contribution in [0.5, 0.6) is 0 Å². The lowest BCUT2D eigenvalue weighted by Crippen LogP contribution is -2.14. The van der Waals surface area contributed by atoms with Crippen molar-refractivity contribution in [2.75, 3.05) is 6.61 Å². The molecule has 0 saturated carbocycles. The van der Waals surface area contributed by atoms with Gasteiger partial charge in [-0.2, -0.15) is 0 Å². The molecule has 0 atom stereocenters. The third-order valence-electron chi connectivity index (χ3n) is 2.91. The minimum atomic E-state index is -0.639. The second-order valence-electron chi connectivity index (χ2n) is 4.36. The number of pyridine rings is 1. The molecule has 0 saturated heterocycles. The van der Waals surface area contributed by atoms with E-state index in [0.29, 0.717) is 5.58 Å². The first-order chi connectivity index (χ1) is 10.2. The van der Waals surface area contributed by atoms with Crippen LogP contribution in [0, 0.1) is 0 Å². The topological polar surface area (TPSA) is 69.4 Å². The van der Waals surface area contributed by atoms with Gasteiger partial charge in [0.25, 0.3) is 0 Å². The smallest absolute Gasteiger partial charge is 0.357 e. The lowest BCUT2D eigenvalue weighted by molar-refractivity contribution is 0.0462. The highest BCUT2D eigenvalue weighted by atomic mass is 16.5. The summed E-state index contributed by atoms with van der Waals surface area (Å²) < 4.78 is 10.3. The van der Waals surface area contributed by atoms with Crippen LogP contribution >= 0.6 is 0 Å². The van der Waals surface area contributed by atoms with Gasteiger partial charge in [0.1, 0.15) is 11.3 Å². The number of ether oxygens (including phenoxy) is 1. The molecule has 104 valence electrons. The van der Waals surface area contributed by atoms with Gasteiger partial charge in [-0.3, -0.25) is 4.79 Å². The zero-order valence-corrected chi connectivity index (χ0v) is 11.0. The second kappa shape index (κ2) is 5.58. The summed E-state index contributed by atoms with van der Waals surface area (Å²) in [6.07, 6.45) is 1.48. The third-order valence-corrected chi connectivity index (χ3v) is 2.91. The maximum atomic E-state index is 12.0. The Kier molecular flexibility index (Phi) is 3.47. The number of furan rings is 1. The predicted molar refractivity (Wildman–Crippen MR) is 75.1 cm³/mol. The van der Waals surface area contributed by atoms with Crippen molar-refractivity contribution in [3.63, 3.8) is 0 Å². The average molecular weight is 281 g/mol. The number of rotatable bonds is 4. The van der Waals surface area contributed by atoms with E-state index in [0.717, 1.165) is 5.39 Å². The van der Waals surface area contributed by atoms with Crippen LogP contribution in [0.2, 0.25) is 0 Å². The number of fused-ring (bicyclic) bond motifs is 1. The van der Waals surface area contributed by atoms with Gasteiger partial charge in [0.05, 0.1) is 0 Å². The molecule has 5 heteroatoms. The summed E-state index contributed by atoms with van der Waals surface area (Å²) in [7, 11) is 0. The fourth-order valence-corrected chi connectivity index (χ4v) is 1.88. The molecule has 0 N–H and O–H groups in total. The highest BCUT2D eigenvalue weighted by Gasteiger charge is 2.15. The Morgan fingerprint density at radius 1 is 1.10 bits per heavy atom. The van der Waals surface area contributed by atoms with Crippen molar-refractivity contribution < 1.29 is 18.7 Å². The van der Waals surface area contributed by atoms with Crippen LogP contribution in [0.4, 0.5) is 0 Å². The molecule has 0 fully saturated rings. The minimum Gasteiger partial charge on any atom is -0.453 e. The normalized spacial score (nSPS) is 10.5. The maximum absolute atomic E-state index is 12.0. The molecule has 0 amide bonds. The summed E-state index contributed by atoms with van der Waals surface area (Å²) in [6, 6.07) is 13.8. The fraction of sp³-hybridized carbons (Fsp3) is 0.0625. The summed E-state index contributed by atoms with van der Waals surface area (Å²) in [4.78, 5) is 27.5. The summed E-state index contributed by atoms with van der Waals surface area (Å²) in [6.45, 7) is -0.380. The van der Waals surface area contributed by atoms with Gasteiger partial charge in [-0.25, -0.2) is 9.78 Å². The molecule has 2 aromatic heterocycles.